The first-order valence-corrected chi connectivity index (χ1v) is 7.41. The Kier molecular flexibility index (Phi) is 3.32. The Balaban J connectivity index is 1.73. The number of nitrogens with zero attached hydrogens (tertiary/aromatic N) is 1. The van der Waals surface area contributed by atoms with Crippen molar-refractivity contribution in [1.82, 2.24) is 4.90 Å². The van der Waals surface area contributed by atoms with Gasteiger partial charge < -0.3 is 15.7 Å². The van der Waals surface area contributed by atoms with Crippen LogP contribution in [0.25, 0.3) is 0 Å². The maximum atomic E-state index is 12.7. The molecule has 102 valence electrons. The largest absolute Gasteiger partial charge is 0.393 e. The molecule has 4 nitrogen and oxygen atoms in total. The summed E-state index contributed by atoms with van der Waals surface area (Å²) in [7, 11) is 0. The number of aliphatic hydroxyl groups excluding tert-OH is 1. The molecule has 3 N–H and O–H groups in total. The number of nitrogens with two attached hydrogens (primary N) is 1. The number of aliphatic hydroxyl groups is 1. The molecule has 2 saturated heterocycles. The number of fused-ring (bicyclic) bond motifs is 2. The van der Waals surface area contributed by atoms with Crippen LogP contribution in [0.15, 0.2) is 0 Å². The van der Waals surface area contributed by atoms with Gasteiger partial charge in [-0.1, -0.05) is 6.42 Å². The summed E-state index contributed by atoms with van der Waals surface area (Å²) < 4.78 is 0. The SMILES string of the molecule is NCC1CCCC1C(=O)N1C2CCC1CC(O)C2. The molecule has 4 heteroatoms. The van der Waals surface area contributed by atoms with Crippen LogP contribution in [0.1, 0.15) is 44.9 Å². The molecule has 0 aromatic heterocycles. The number of rotatable bonds is 2. The Morgan fingerprint density at radius 1 is 1.17 bits per heavy atom. The van der Waals surface area contributed by atoms with Crippen LogP contribution in [-0.2, 0) is 4.79 Å². The van der Waals surface area contributed by atoms with Gasteiger partial charge in [0.1, 0.15) is 0 Å². The smallest absolute Gasteiger partial charge is 0.226 e. The van der Waals surface area contributed by atoms with E-state index in [1.54, 1.807) is 0 Å². The lowest BCUT2D eigenvalue weighted by molar-refractivity contribution is -0.143. The third-order valence-corrected chi connectivity index (χ3v) is 5.24. The van der Waals surface area contributed by atoms with Gasteiger partial charge in [0.15, 0.2) is 0 Å². The zero-order valence-electron chi connectivity index (χ0n) is 10.9. The predicted octanol–water partition coefficient (Wildman–Crippen LogP) is 0.876. The number of carbonyl (C=O) groups excluding carboxylic acids is 1. The zero-order valence-corrected chi connectivity index (χ0v) is 10.9. The van der Waals surface area contributed by atoms with Crippen molar-refractivity contribution in [2.75, 3.05) is 6.54 Å². The molecule has 1 amide bonds. The fourth-order valence-corrected chi connectivity index (χ4v) is 4.34. The molecule has 3 fully saturated rings. The number of hydrogen-bond donors (Lipinski definition) is 2. The van der Waals surface area contributed by atoms with Gasteiger partial charge in [0, 0.05) is 18.0 Å². The summed E-state index contributed by atoms with van der Waals surface area (Å²) in [5, 5.41) is 9.80. The third-order valence-electron chi connectivity index (χ3n) is 5.24. The molecule has 0 aromatic carbocycles. The van der Waals surface area contributed by atoms with Gasteiger partial charge in [-0.05, 0) is 51.0 Å². The molecule has 0 aromatic rings. The molecule has 3 aliphatic rings. The summed E-state index contributed by atoms with van der Waals surface area (Å²) in [5.41, 5.74) is 5.79. The quantitative estimate of drug-likeness (QED) is 0.766. The van der Waals surface area contributed by atoms with Gasteiger partial charge in [-0.2, -0.15) is 0 Å². The Bertz CT molecular complexity index is 320. The van der Waals surface area contributed by atoms with Crippen LogP contribution in [0, 0.1) is 11.8 Å². The topological polar surface area (TPSA) is 66.6 Å². The van der Waals surface area contributed by atoms with Crippen molar-refractivity contribution >= 4 is 5.91 Å². The standard InChI is InChI=1S/C14H24N2O2/c15-8-9-2-1-3-13(9)14(18)16-10-4-5-11(16)7-12(17)6-10/h9-13,17H,1-8,15H2. The van der Waals surface area contributed by atoms with Crippen LogP contribution in [0.3, 0.4) is 0 Å². The lowest BCUT2D eigenvalue weighted by Crippen LogP contribution is -2.51. The molecule has 4 atom stereocenters. The maximum absolute atomic E-state index is 12.7. The second-order valence-electron chi connectivity index (χ2n) is 6.29. The molecular weight excluding hydrogens is 228 g/mol. The average molecular weight is 252 g/mol. The van der Waals surface area contributed by atoms with Crippen LogP contribution in [0.5, 0.6) is 0 Å². The molecule has 0 radical (unpaired) electrons. The van der Waals surface area contributed by atoms with E-state index in [-0.39, 0.29) is 12.0 Å². The number of hydrogen-bond acceptors (Lipinski definition) is 3. The van der Waals surface area contributed by atoms with Crippen LogP contribution in [-0.4, -0.2) is 40.6 Å². The molecule has 2 aliphatic heterocycles. The second-order valence-corrected chi connectivity index (χ2v) is 6.29. The average Bonchev–Trinajstić information content (AvgIpc) is 2.92. The summed E-state index contributed by atoms with van der Waals surface area (Å²) in [6.45, 7) is 0.641. The van der Waals surface area contributed by atoms with E-state index in [4.69, 9.17) is 5.73 Å². The number of piperidine rings is 1. The Morgan fingerprint density at radius 2 is 1.83 bits per heavy atom. The molecule has 18 heavy (non-hydrogen) atoms. The van der Waals surface area contributed by atoms with Gasteiger partial charge in [0.2, 0.25) is 5.91 Å². The third kappa shape index (κ3) is 1.95. The molecule has 3 rings (SSSR count). The number of carbonyl (C=O) groups is 1. The fraction of sp³-hybridized carbons (Fsp3) is 0.929. The Labute approximate surface area is 109 Å². The van der Waals surface area contributed by atoms with Crippen molar-refractivity contribution in [3.63, 3.8) is 0 Å². The van der Waals surface area contributed by atoms with Gasteiger partial charge >= 0.3 is 0 Å². The van der Waals surface area contributed by atoms with Crippen LogP contribution in [0.4, 0.5) is 0 Å². The summed E-state index contributed by atoms with van der Waals surface area (Å²) >= 11 is 0. The summed E-state index contributed by atoms with van der Waals surface area (Å²) in [6, 6.07) is 0.593. The minimum absolute atomic E-state index is 0.161. The highest BCUT2D eigenvalue weighted by molar-refractivity contribution is 5.80. The van der Waals surface area contributed by atoms with Crippen molar-refractivity contribution in [3.8, 4) is 0 Å². The van der Waals surface area contributed by atoms with Crippen LogP contribution >= 0.6 is 0 Å². The van der Waals surface area contributed by atoms with E-state index in [1.165, 1.54) is 0 Å². The Morgan fingerprint density at radius 3 is 2.44 bits per heavy atom. The van der Waals surface area contributed by atoms with Crippen LogP contribution in [0.2, 0.25) is 0 Å². The predicted molar refractivity (Wildman–Crippen MR) is 68.8 cm³/mol. The first-order chi connectivity index (χ1) is 8.70. The van der Waals surface area contributed by atoms with E-state index in [1.807, 2.05) is 0 Å². The van der Waals surface area contributed by atoms with E-state index < -0.39 is 0 Å². The molecule has 4 unspecified atom stereocenters. The van der Waals surface area contributed by atoms with Crippen molar-refractivity contribution in [1.29, 1.82) is 0 Å². The van der Waals surface area contributed by atoms with Crippen molar-refractivity contribution in [2.45, 2.75) is 63.1 Å². The summed E-state index contributed by atoms with van der Waals surface area (Å²) in [4.78, 5) is 14.8. The molecule has 1 saturated carbocycles. The number of amides is 1. The van der Waals surface area contributed by atoms with E-state index in [9.17, 15) is 9.90 Å². The highest BCUT2D eigenvalue weighted by atomic mass is 16.3. The maximum Gasteiger partial charge on any atom is 0.226 e. The van der Waals surface area contributed by atoms with E-state index in [0.717, 1.165) is 44.9 Å². The minimum Gasteiger partial charge on any atom is -0.393 e. The first-order valence-electron chi connectivity index (χ1n) is 7.41. The molecule has 2 heterocycles. The molecule has 1 aliphatic carbocycles. The van der Waals surface area contributed by atoms with Gasteiger partial charge in [0.25, 0.3) is 0 Å². The normalized spacial score (nSPS) is 43.4. The highest BCUT2D eigenvalue weighted by Crippen LogP contribution is 2.40. The lowest BCUT2D eigenvalue weighted by atomic mass is 9.91. The molecular formula is C14H24N2O2. The molecule has 2 bridgehead atoms. The van der Waals surface area contributed by atoms with Gasteiger partial charge in [-0.25, -0.2) is 0 Å². The van der Waals surface area contributed by atoms with Crippen molar-refractivity contribution < 1.29 is 9.90 Å². The van der Waals surface area contributed by atoms with E-state index >= 15 is 0 Å². The van der Waals surface area contributed by atoms with Crippen LogP contribution < -0.4 is 5.73 Å². The second kappa shape index (κ2) is 4.82. The fourth-order valence-electron chi connectivity index (χ4n) is 4.34. The lowest BCUT2D eigenvalue weighted by Gasteiger charge is -2.39. The van der Waals surface area contributed by atoms with Crippen molar-refractivity contribution in [3.05, 3.63) is 0 Å². The summed E-state index contributed by atoms with van der Waals surface area (Å²) in [6.07, 6.45) is 6.79. The monoisotopic (exact) mass is 252 g/mol. The van der Waals surface area contributed by atoms with Gasteiger partial charge in [-0.3, -0.25) is 4.79 Å². The van der Waals surface area contributed by atoms with Crippen molar-refractivity contribution in [2.24, 2.45) is 17.6 Å². The van der Waals surface area contributed by atoms with E-state index in [0.29, 0.717) is 30.5 Å². The summed E-state index contributed by atoms with van der Waals surface area (Å²) in [5.74, 6) is 0.888. The first kappa shape index (κ1) is 12.4. The highest BCUT2D eigenvalue weighted by Gasteiger charge is 2.46. The minimum atomic E-state index is -0.194. The molecule has 0 spiro atoms. The zero-order chi connectivity index (χ0) is 12.7. The van der Waals surface area contributed by atoms with Gasteiger partial charge in [0.05, 0.1) is 6.10 Å². The van der Waals surface area contributed by atoms with Gasteiger partial charge in [-0.15, -0.1) is 0 Å². The van der Waals surface area contributed by atoms with E-state index in [2.05, 4.69) is 4.90 Å². The Hall–Kier alpha value is -0.610.